The van der Waals surface area contributed by atoms with Crippen molar-refractivity contribution in [3.63, 3.8) is 0 Å². The molecule has 19 heavy (non-hydrogen) atoms. The van der Waals surface area contributed by atoms with Gasteiger partial charge in [0, 0.05) is 19.3 Å². The van der Waals surface area contributed by atoms with Crippen molar-refractivity contribution >= 4 is 5.91 Å². The molecule has 0 aliphatic carbocycles. The summed E-state index contributed by atoms with van der Waals surface area (Å²) < 4.78 is 11.0. The molecular formula is C14H20N2O3. The second-order valence-electron chi connectivity index (χ2n) is 4.83. The van der Waals surface area contributed by atoms with Crippen molar-refractivity contribution in [3.05, 3.63) is 24.5 Å². The molecule has 2 rings (SSSR count). The molecule has 1 fully saturated rings. The molecule has 0 bridgehead atoms. The van der Waals surface area contributed by atoms with Gasteiger partial charge in [-0.25, -0.2) is 0 Å². The zero-order chi connectivity index (χ0) is 13.6. The van der Waals surface area contributed by atoms with Crippen LogP contribution < -0.4 is 10.1 Å². The summed E-state index contributed by atoms with van der Waals surface area (Å²) in [5, 5.41) is 2.89. The molecule has 1 aromatic rings. The molecule has 0 aromatic carbocycles. The Labute approximate surface area is 113 Å². The van der Waals surface area contributed by atoms with Crippen molar-refractivity contribution in [1.82, 2.24) is 10.3 Å². The van der Waals surface area contributed by atoms with E-state index < -0.39 is 5.60 Å². The van der Waals surface area contributed by atoms with Crippen LogP contribution in [0.25, 0.3) is 0 Å². The Hall–Kier alpha value is -1.62. The number of aromatic nitrogens is 1. The maximum atomic E-state index is 11.9. The summed E-state index contributed by atoms with van der Waals surface area (Å²) in [6.07, 6.45) is 5.89. The van der Waals surface area contributed by atoms with E-state index in [9.17, 15) is 4.79 Å². The Bertz CT molecular complexity index is 402. The Balaban J connectivity index is 1.60. The highest BCUT2D eigenvalue weighted by Crippen LogP contribution is 2.24. The van der Waals surface area contributed by atoms with Crippen LogP contribution in [0.4, 0.5) is 0 Å². The molecule has 2 heterocycles. The minimum Gasteiger partial charge on any atom is -0.492 e. The van der Waals surface area contributed by atoms with E-state index in [1.165, 1.54) is 0 Å². The highest BCUT2D eigenvalue weighted by Gasteiger charge is 2.37. The monoisotopic (exact) mass is 264 g/mol. The van der Waals surface area contributed by atoms with E-state index in [1.807, 2.05) is 19.1 Å². The summed E-state index contributed by atoms with van der Waals surface area (Å²) in [5.41, 5.74) is -0.635. The molecule has 5 heteroatoms. The Morgan fingerprint density at radius 1 is 1.63 bits per heavy atom. The van der Waals surface area contributed by atoms with Gasteiger partial charge >= 0.3 is 0 Å². The molecular weight excluding hydrogens is 244 g/mol. The molecule has 1 N–H and O–H groups in total. The van der Waals surface area contributed by atoms with Crippen molar-refractivity contribution in [2.24, 2.45) is 0 Å². The molecule has 1 amide bonds. The Kier molecular flexibility index (Phi) is 4.74. The molecule has 104 valence electrons. The standard InChI is InChI=1S/C14H20N2O3/c1-14(6-3-10-19-14)13(17)16-8-4-9-18-12-5-2-7-15-11-12/h2,5,7,11H,3-4,6,8-10H2,1H3,(H,16,17)/t14-/m0/s1. The van der Waals surface area contributed by atoms with Gasteiger partial charge in [-0.15, -0.1) is 0 Å². The second kappa shape index (κ2) is 6.52. The maximum absolute atomic E-state index is 11.9. The SMILES string of the molecule is C[C@@]1(C(=O)NCCCOc2cccnc2)CCCO1. The summed E-state index contributed by atoms with van der Waals surface area (Å²) in [6.45, 7) is 3.68. The van der Waals surface area contributed by atoms with Gasteiger partial charge in [0.25, 0.3) is 5.91 Å². The molecule has 1 atom stereocenters. The highest BCUT2D eigenvalue weighted by atomic mass is 16.5. The van der Waals surface area contributed by atoms with Crippen LogP contribution in [0.15, 0.2) is 24.5 Å². The molecule has 1 aromatic heterocycles. The van der Waals surface area contributed by atoms with E-state index in [-0.39, 0.29) is 5.91 Å². The predicted octanol–water partition coefficient (Wildman–Crippen LogP) is 1.54. The van der Waals surface area contributed by atoms with Gasteiger partial charge in [-0.2, -0.15) is 0 Å². The molecule has 1 aliphatic heterocycles. The van der Waals surface area contributed by atoms with Crippen molar-refractivity contribution in [1.29, 1.82) is 0 Å². The minimum atomic E-state index is -0.635. The number of amides is 1. The number of nitrogens with zero attached hydrogens (tertiary/aromatic N) is 1. The van der Waals surface area contributed by atoms with Crippen LogP contribution in [0.1, 0.15) is 26.2 Å². The van der Waals surface area contributed by atoms with Crippen molar-refractivity contribution < 1.29 is 14.3 Å². The molecule has 0 radical (unpaired) electrons. The number of nitrogens with one attached hydrogen (secondary N) is 1. The largest absolute Gasteiger partial charge is 0.492 e. The number of pyridine rings is 1. The number of rotatable bonds is 6. The van der Waals surface area contributed by atoms with Crippen LogP contribution >= 0.6 is 0 Å². The van der Waals surface area contributed by atoms with Crippen LogP contribution in [0.2, 0.25) is 0 Å². The fourth-order valence-electron chi connectivity index (χ4n) is 2.04. The van der Waals surface area contributed by atoms with Gasteiger partial charge in [-0.05, 0) is 38.3 Å². The van der Waals surface area contributed by atoms with Gasteiger partial charge in [0.2, 0.25) is 0 Å². The zero-order valence-corrected chi connectivity index (χ0v) is 11.2. The summed E-state index contributed by atoms with van der Waals surface area (Å²) >= 11 is 0. The molecule has 1 aliphatic rings. The lowest BCUT2D eigenvalue weighted by molar-refractivity contribution is -0.139. The quantitative estimate of drug-likeness (QED) is 0.792. The Morgan fingerprint density at radius 3 is 3.21 bits per heavy atom. The number of hydrogen-bond donors (Lipinski definition) is 1. The van der Waals surface area contributed by atoms with Gasteiger partial charge in [0.05, 0.1) is 12.8 Å². The first-order chi connectivity index (χ1) is 9.21. The summed E-state index contributed by atoms with van der Waals surface area (Å²) in [5.74, 6) is 0.728. The van der Waals surface area contributed by atoms with Crippen molar-refractivity contribution in [2.75, 3.05) is 19.8 Å². The lowest BCUT2D eigenvalue weighted by atomic mass is 10.0. The van der Waals surface area contributed by atoms with E-state index in [2.05, 4.69) is 10.3 Å². The van der Waals surface area contributed by atoms with E-state index in [0.717, 1.165) is 25.0 Å². The summed E-state index contributed by atoms with van der Waals surface area (Å²) in [6, 6.07) is 3.69. The second-order valence-corrected chi connectivity index (χ2v) is 4.83. The van der Waals surface area contributed by atoms with Crippen LogP contribution in [-0.4, -0.2) is 36.3 Å². The third-order valence-electron chi connectivity index (χ3n) is 3.21. The van der Waals surface area contributed by atoms with Crippen molar-refractivity contribution in [3.8, 4) is 5.75 Å². The molecule has 0 spiro atoms. The van der Waals surface area contributed by atoms with Crippen molar-refractivity contribution in [2.45, 2.75) is 31.8 Å². The number of hydrogen-bond acceptors (Lipinski definition) is 4. The molecule has 1 saturated heterocycles. The number of carbonyl (C=O) groups is 1. The molecule has 0 saturated carbocycles. The van der Waals surface area contributed by atoms with Gasteiger partial charge in [0.15, 0.2) is 0 Å². The lowest BCUT2D eigenvalue weighted by Gasteiger charge is -2.21. The first-order valence-corrected chi connectivity index (χ1v) is 6.66. The summed E-state index contributed by atoms with van der Waals surface area (Å²) in [7, 11) is 0. The van der Waals surface area contributed by atoms with Crippen LogP contribution in [0.3, 0.4) is 0 Å². The van der Waals surface area contributed by atoms with E-state index in [0.29, 0.717) is 19.8 Å². The normalized spacial score (nSPS) is 22.2. The molecule has 5 nitrogen and oxygen atoms in total. The average Bonchev–Trinajstić information content (AvgIpc) is 2.88. The van der Waals surface area contributed by atoms with E-state index in [4.69, 9.17) is 9.47 Å². The zero-order valence-electron chi connectivity index (χ0n) is 11.2. The van der Waals surface area contributed by atoms with Gasteiger partial charge in [-0.3, -0.25) is 9.78 Å². The predicted molar refractivity (Wildman–Crippen MR) is 70.9 cm³/mol. The topological polar surface area (TPSA) is 60.5 Å². The Morgan fingerprint density at radius 2 is 2.53 bits per heavy atom. The highest BCUT2D eigenvalue weighted by molar-refractivity contribution is 5.84. The maximum Gasteiger partial charge on any atom is 0.251 e. The smallest absolute Gasteiger partial charge is 0.251 e. The fraction of sp³-hybridized carbons (Fsp3) is 0.571. The van der Waals surface area contributed by atoms with E-state index >= 15 is 0 Å². The van der Waals surface area contributed by atoms with E-state index in [1.54, 1.807) is 12.4 Å². The lowest BCUT2D eigenvalue weighted by Crippen LogP contribution is -2.44. The average molecular weight is 264 g/mol. The number of carbonyl (C=O) groups excluding carboxylic acids is 1. The summed E-state index contributed by atoms with van der Waals surface area (Å²) in [4.78, 5) is 15.9. The first kappa shape index (κ1) is 13.8. The van der Waals surface area contributed by atoms with Crippen LogP contribution in [0.5, 0.6) is 5.75 Å². The first-order valence-electron chi connectivity index (χ1n) is 6.66. The minimum absolute atomic E-state index is 0.0219. The van der Waals surface area contributed by atoms with Gasteiger partial charge < -0.3 is 14.8 Å². The van der Waals surface area contributed by atoms with Crippen LogP contribution in [0, 0.1) is 0 Å². The third kappa shape index (κ3) is 3.92. The third-order valence-corrected chi connectivity index (χ3v) is 3.21. The van der Waals surface area contributed by atoms with Gasteiger partial charge in [0.1, 0.15) is 11.4 Å². The molecule has 0 unspecified atom stereocenters. The number of ether oxygens (including phenoxy) is 2. The fourth-order valence-corrected chi connectivity index (χ4v) is 2.04. The van der Waals surface area contributed by atoms with Gasteiger partial charge in [-0.1, -0.05) is 0 Å². The van der Waals surface area contributed by atoms with Crippen LogP contribution in [-0.2, 0) is 9.53 Å².